The number of anilines is 2. The van der Waals surface area contributed by atoms with Crippen LogP contribution in [-0.2, 0) is 17.8 Å². The first-order valence-corrected chi connectivity index (χ1v) is 9.31. The number of hydrogen-bond donors (Lipinski definition) is 0. The molecule has 0 aromatic carbocycles. The molecule has 0 N–H and O–H groups in total. The summed E-state index contributed by atoms with van der Waals surface area (Å²) < 4.78 is 67.9. The Hall–Kier alpha value is -2.70. The highest BCUT2D eigenvalue weighted by Gasteiger charge is 2.60. The maximum Gasteiger partial charge on any atom is 0.413 e. The second-order valence-electron chi connectivity index (χ2n) is 7.65. The minimum absolute atomic E-state index is 0.00344. The van der Waals surface area contributed by atoms with E-state index in [9.17, 15) is 22.4 Å². The third kappa shape index (κ3) is 3.11. The molecule has 0 bridgehead atoms. The molecule has 2 aromatic rings. The van der Waals surface area contributed by atoms with Gasteiger partial charge in [-0.1, -0.05) is 5.16 Å². The van der Waals surface area contributed by atoms with Crippen molar-refractivity contribution in [3.05, 3.63) is 27.9 Å². The monoisotopic (exact) mass is 432 g/mol. The third-order valence-corrected chi connectivity index (χ3v) is 5.50. The van der Waals surface area contributed by atoms with E-state index in [-0.39, 0.29) is 49.3 Å². The fourth-order valence-corrected chi connectivity index (χ4v) is 3.74. The molecule has 4 heterocycles. The van der Waals surface area contributed by atoms with Gasteiger partial charge in [0.1, 0.15) is 0 Å². The molecule has 2 aliphatic heterocycles. The lowest BCUT2D eigenvalue weighted by molar-refractivity contribution is -0.182. The second kappa shape index (κ2) is 6.93. The molecule has 4 rings (SSSR count). The Bertz CT molecular complexity index is 1020. The van der Waals surface area contributed by atoms with Crippen LogP contribution in [-0.4, -0.2) is 57.2 Å². The number of alkyl halides is 3. The van der Waals surface area contributed by atoms with E-state index >= 15 is 0 Å². The van der Waals surface area contributed by atoms with Crippen molar-refractivity contribution in [2.45, 2.75) is 51.6 Å². The van der Waals surface area contributed by atoms with Gasteiger partial charge in [0.2, 0.25) is 17.7 Å². The van der Waals surface area contributed by atoms with Crippen molar-refractivity contribution in [1.82, 2.24) is 19.7 Å². The predicted octanol–water partition coefficient (Wildman–Crippen LogP) is 1.64. The van der Waals surface area contributed by atoms with Crippen molar-refractivity contribution in [3.63, 3.8) is 0 Å². The number of halogens is 4. The summed E-state index contributed by atoms with van der Waals surface area (Å²) in [5.41, 5.74) is -3.67. The summed E-state index contributed by atoms with van der Waals surface area (Å²) >= 11 is 0. The van der Waals surface area contributed by atoms with Gasteiger partial charge in [-0.15, -0.1) is 0 Å². The molecule has 2 aromatic heterocycles. The van der Waals surface area contributed by atoms with Crippen LogP contribution in [0.1, 0.15) is 25.6 Å². The molecule has 13 heteroatoms. The van der Waals surface area contributed by atoms with Crippen molar-refractivity contribution in [3.8, 4) is 0 Å². The Balaban J connectivity index is 1.85. The minimum Gasteiger partial charge on any atom is -0.377 e. The van der Waals surface area contributed by atoms with Crippen LogP contribution in [0.5, 0.6) is 0 Å². The molecule has 164 valence electrons. The molecular formula is C17H20F4N6O3. The van der Waals surface area contributed by atoms with Gasteiger partial charge in [0, 0.05) is 13.5 Å². The zero-order chi connectivity index (χ0) is 21.8. The number of aryl methyl sites for hydroxylation is 1. The van der Waals surface area contributed by atoms with Gasteiger partial charge in [0.25, 0.3) is 5.56 Å². The highest BCUT2D eigenvalue weighted by molar-refractivity contribution is 5.51. The van der Waals surface area contributed by atoms with Crippen molar-refractivity contribution < 1.29 is 26.8 Å². The smallest absolute Gasteiger partial charge is 0.377 e. The first-order valence-electron chi connectivity index (χ1n) is 9.31. The third-order valence-electron chi connectivity index (χ3n) is 5.50. The molecular weight excluding hydrogens is 412 g/mol. The van der Waals surface area contributed by atoms with Gasteiger partial charge in [0.15, 0.2) is 17.2 Å². The van der Waals surface area contributed by atoms with Crippen LogP contribution < -0.4 is 15.4 Å². The number of aromatic nitrogens is 4. The number of nitrogens with zero attached hydrogens (tertiary/aromatic N) is 6. The maximum atomic E-state index is 14.9. The maximum absolute atomic E-state index is 14.9. The zero-order valence-electron chi connectivity index (χ0n) is 16.5. The number of hydrogen-bond acceptors (Lipinski definition) is 8. The lowest BCUT2D eigenvalue weighted by Crippen LogP contribution is -2.55. The summed E-state index contributed by atoms with van der Waals surface area (Å²) in [6, 6.07) is -0.299. The van der Waals surface area contributed by atoms with Crippen LogP contribution in [0.4, 0.5) is 29.3 Å². The molecule has 0 aliphatic carbocycles. The number of rotatable bonds is 3. The fourth-order valence-electron chi connectivity index (χ4n) is 3.74. The van der Waals surface area contributed by atoms with Gasteiger partial charge in [-0.3, -0.25) is 9.36 Å². The van der Waals surface area contributed by atoms with E-state index in [0.29, 0.717) is 4.57 Å². The Labute approximate surface area is 168 Å². The normalized spacial score (nSPS) is 24.4. The lowest BCUT2D eigenvalue weighted by Gasteiger charge is -2.36. The van der Waals surface area contributed by atoms with E-state index in [1.807, 2.05) is 0 Å². The molecule has 0 amide bonds. The molecule has 2 aliphatic rings. The molecule has 9 nitrogen and oxygen atoms in total. The summed E-state index contributed by atoms with van der Waals surface area (Å²) in [6.07, 6.45) is -4.74. The molecule has 30 heavy (non-hydrogen) atoms. The first kappa shape index (κ1) is 20.6. The molecule has 2 atom stereocenters. The number of morpholine rings is 1. The number of fused-ring (bicyclic) bond motifs is 1. The van der Waals surface area contributed by atoms with E-state index in [2.05, 4.69) is 15.1 Å². The average Bonchev–Trinajstić information content (AvgIpc) is 3.21. The Morgan fingerprint density at radius 1 is 1.30 bits per heavy atom. The van der Waals surface area contributed by atoms with Gasteiger partial charge in [-0.25, -0.2) is 0 Å². The van der Waals surface area contributed by atoms with E-state index in [1.165, 1.54) is 11.8 Å². The SMILES string of the molecule is Cc1nc(CN2c3nc(N4CCOC[C@H]4C)c(F)c(=O)n3C[C@@]2(C)C(F)(F)F)no1. The summed E-state index contributed by atoms with van der Waals surface area (Å²) in [5.74, 6) is -1.59. The first-order chi connectivity index (χ1) is 14.0. The quantitative estimate of drug-likeness (QED) is 0.677. The average molecular weight is 432 g/mol. The largest absolute Gasteiger partial charge is 0.413 e. The Kier molecular flexibility index (Phi) is 4.75. The lowest BCUT2D eigenvalue weighted by atomic mass is 10.0. The van der Waals surface area contributed by atoms with Gasteiger partial charge in [-0.2, -0.15) is 27.5 Å². The van der Waals surface area contributed by atoms with E-state index < -0.39 is 36.2 Å². The highest BCUT2D eigenvalue weighted by atomic mass is 19.4. The van der Waals surface area contributed by atoms with Crippen molar-refractivity contribution in [2.75, 3.05) is 29.6 Å². The summed E-state index contributed by atoms with van der Waals surface area (Å²) in [6.45, 7) is 3.81. The number of ether oxygens (including phenoxy) is 1. The van der Waals surface area contributed by atoms with Gasteiger partial charge < -0.3 is 19.1 Å². The van der Waals surface area contributed by atoms with Crippen LogP contribution >= 0.6 is 0 Å². The van der Waals surface area contributed by atoms with Crippen LogP contribution in [0.15, 0.2) is 9.32 Å². The zero-order valence-corrected chi connectivity index (χ0v) is 16.5. The van der Waals surface area contributed by atoms with Crippen LogP contribution in [0.2, 0.25) is 0 Å². The van der Waals surface area contributed by atoms with Gasteiger partial charge >= 0.3 is 6.18 Å². The Morgan fingerprint density at radius 3 is 2.63 bits per heavy atom. The minimum atomic E-state index is -4.74. The second-order valence-corrected chi connectivity index (χ2v) is 7.65. The Morgan fingerprint density at radius 2 is 2.03 bits per heavy atom. The standard InChI is InChI=1S/C17H20F4N6O3/c1-9-7-29-5-4-25(9)13-12(18)14(28)26-8-16(3,17(19,20)21)27(15(26)23-13)6-11-22-10(2)30-24-11/h9H,4-8H2,1-3H3/t9-,16+/m1/s1. The predicted molar refractivity (Wildman–Crippen MR) is 95.8 cm³/mol. The summed E-state index contributed by atoms with van der Waals surface area (Å²) in [5, 5.41) is 3.65. The van der Waals surface area contributed by atoms with Gasteiger partial charge in [0.05, 0.1) is 32.3 Å². The topological polar surface area (TPSA) is 89.5 Å². The van der Waals surface area contributed by atoms with Crippen LogP contribution in [0.25, 0.3) is 0 Å². The molecule has 1 fully saturated rings. The van der Waals surface area contributed by atoms with Gasteiger partial charge in [-0.05, 0) is 13.8 Å². The molecule has 1 saturated heterocycles. The molecule has 0 radical (unpaired) electrons. The van der Waals surface area contributed by atoms with Crippen LogP contribution in [0, 0.1) is 12.7 Å². The van der Waals surface area contributed by atoms with Crippen molar-refractivity contribution in [2.24, 2.45) is 0 Å². The fraction of sp³-hybridized carbons (Fsp3) is 0.647. The van der Waals surface area contributed by atoms with E-state index in [4.69, 9.17) is 9.26 Å². The van der Waals surface area contributed by atoms with Crippen LogP contribution in [0.3, 0.4) is 0 Å². The molecule has 0 spiro atoms. The molecule has 0 saturated carbocycles. The molecule has 0 unspecified atom stereocenters. The van der Waals surface area contributed by atoms with Crippen molar-refractivity contribution in [1.29, 1.82) is 0 Å². The summed E-state index contributed by atoms with van der Waals surface area (Å²) in [7, 11) is 0. The van der Waals surface area contributed by atoms with Crippen molar-refractivity contribution >= 4 is 11.8 Å². The van der Waals surface area contributed by atoms with E-state index in [1.54, 1.807) is 6.92 Å². The van der Waals surface area contributed by atoms with E-state index in [0.717, 1.165) is 11.8 Å². The summed E-state index contributed by atoms with van der Waals surface area (Å²) in [4.78, 5) is 23.2. The highest BCUT2D eigenvalue weighted by Crippen LogP contribution is 2.44.